The average Bonchev–Trinajstić information content (AvgIpc) is 2.96. The molecule has 1 amide bonds. The van der Waals surface area contributed by atoms with E-state index in [0.717, 1.165) is 68.7 Å². The van der Waals surface area contributed by atoms with Crippen LogP contribution in [0.3, 0.4) is 0 Å². The smallest absolute Gasteiger partial charge is 0.229 e. The number of piperidine rings is 1. The number of carbonyl (C=O) groups is 1. The molecule has 8 nitrogen and oxygen atoms in total. The van der Waals surface area contributed by atoms with Gasteiger partial charge in [0, 0.05) is 61.0 Å². The van der Waals surface area contributed by atoms with Gasteiger partial charge in [-0.3, -0.25) is 9.79 Å². The van der Waals surface area contributed by atoms with Crippen LogP contribution < -0.4 is 16.0 Å². The summed E-state index contributed by atoms with van der Waals surface area (Å²) >= 11 is 6.42. The SMILES string of the molecule is O=C(CC1C=CC=CC1)N1CCC(Nc2ccc3cc2CCC2C=NC=C(C2)Nc2ncc(Cl)c(n2)N3)CC1. The van der Waals surface area contributed by atoms with Gasteiger partial charge in [0.25, 0.3) is 0 Å². The normalized spacial score (nSPS) is 22.5. The Kier molecular flexibility index (Phi) is 7.63. The molecule has 0 spiro atoms. The minimum atomic E-state index is 0.274. The predicted octanol–water partition coefficient (Wildman–Crippen LogP) is 6.09. The van der Waals surface area contributed by atoms with Crippen LogP contribution in [-0.2, 0) is 11.2 Å². The summed E-state index contributed by atoms with van der Waals surface area (Å²) in [5.74, 6) is 2.00. The molecule has 202 valence electrons. The number of allylic oxidation sites excluding steroid dienone is 5. The summed E-state index contributed by atoms with van der Waals surface area (Å²) in [5, 5.41) is 10.9. The zero-order chi connectivity index (χ0) is 26.6. The summed E-state index contributed by atoms with van der Waals surface area (Å²) in [6.07, 6.45) is 20.1. The number of rotatable bonds is 4. The van der Waals surface area contributed by atoms with Crippen LogP contribution in [-0.4, -0.2) is 46.1 Å². The third-order valence-electron chi connectivity index (χ3n) is 7.89. The molecule has 1 aromatic heterocycles. The van der Waals surface area contributed by atoms with Crippen LogP contribution in [0.2, 0.25) is 5.02 Å². The average molecular weight is 544 g/mol. The van der Waals surface area contributed by atoms with Crippen molar-refractivity contribution in [2.75, 3.05) is 29.0 Å². The second-order valence-corrected chi connectivity index (χ2v) is 11.2. The summed E-state index contributed by atoms with van der Waals surface area (Å²) in [6, 6.07) is 6.73. The van der Waals surface area contributed by atoms with Gasteiger partial charge in [0.05, 0.1) is 6.20 Å². The Morgan fingerprint density at radius 3 is 2.90 bits per heavy atom. The number of carbonyl (C=O) groups excluding carboxylic acids is 1. The van der Waals surface area contributed by atoms with E-state index in [9.17, 15) is 4.79 Å². The molecule has 2 aromatic rings. The number of amides is 1. The lowest BCUT2D eigenvalue weighted by Gasteiger charge is -2.34. The zero-order valence-electron chi connectivity index (χ0n) is 21.9. The van der Waals surface area contributed by atoms with Gasteiger partial charge in [0.1, 0.15) is 5.02 Å². The molecule has 4 heterocycles. The molecular formula is C30H34ClN7O. The standard InChI is InChI=1S/C30H34ClN7O/c31-26-19-33-30-36-25-14-21(17-32-18-25)6-7-22-16-24(35-29(26)37-30)8-9-27(22)34-23-10-12-38(13-11-23)28(39)15-20-4-2-1-3-5-20/h1-4,8-9,16-21,23,34H,5-7,10-15H2,(H2,33,35,36,37). The number of nitrogens with zero attached hydrogens (tertiary/aromatic N) is 4. The lowest BCUT2D eigenvalue weighted by Crippen LogP contribution is -2.43. The van der Waals surface area contributed by atoms with Crippen molar-refractivity contribution >= 4 is 46.9 Å². The topological polar surface area (TPSA) is 94.5 Å². The van der Waals surface area contributed by atoms with E-state index < -0.39 is 0 Å². The van der Waals surface area contributed by atoms with Crippen molar-refractivity contribution in [1.29, 1.82) is 0 Å². The molecule has 4 aliphatic rings. The van der Waals surface area contributed by atoms with E-state index >= 15 is 0 Å². The Morgan fingerprint density at radius 1 is 1.15 bits per heavy atom. The number of fused-ring (bicyclic) bond motifs is 6. The van der Waals surface area contributed by atoms with Gasteiger partial charge in [0.15, 0.2) is 5.82 Å². The largest absolute Gasteiger partial charge is 0.382 e. The third kappa shape index (κ3) is 6.33. The number of hydrogen-bond donors (Lipinski definition) is 3. The van der Waals surface area contributed by atoms with E-state index in [1.54, 1.807) is 6.20 Å². The number of likely N-dealkylation sites (tertiary alicyclic amines) is 1. The first-order valence-corrected chi connectivity index (χ1v) is 14.3. The van der Waals surface area contributed by atoms with Crippen LogP contribution in [0.15, 0.2) is 65.6 Å². The van der Waals surface area contributed by atoms with Crippen LogP contribution >= 0.6 is 11.6 Å². The monoisotopic (exact) mass is 543 g/mol. The number of anilines is 4. The quantitative estimate of drug-likeness (QED) is 0.432. The van der Waals surface area contributed by atoms with Gasteiger partial charge in [-0.05, 0) is 68.2 Å². The van der Waals surface area contributed by atoms with Crippen LogP contribution in [0.25, 0.3) is 0 Å². The van der Waals surface area contributed by atoms with Crippen molar-refractivity contribution < 1.29 is 4.79 Å². The molecule has 6 bridgehead atoms. The number of halogens is 1. The highest BCUT2D eigenvalue weighted by Gasteiger charge is 2.25. The van der Waals surface area contributed by atoms with E-state index in [0.29, 0.717) is 41.1 Å². The predicted molar refractivity (Wildman–Crippen MR) is 158 cm³/mol. The van der Waals surface area contributed by atoms with Gasteiger partial charge >= 0.3 is 0 Å². The maximum atomic E-state index is 12.9. The molecule has 0 saturated carbocycles. The van der Waals surface area contributed by atoms with E-state index in [1.165, 1.54) is 5.56 Å². The Hall–Kier alpha value is -3.65. The van der Waals surface area contributed by atoms with Crippen molar-refractivity contribution in [2.24, 2.45) is 16.8 Å². The van der Waals surface area contributed by atoms with Gasteiger partial charge in [-0.2, -0.15) is 4.98 Å². The summed E-state index contributed by atoms with van der Waals surface area (Å²) in [7, 11) is 0. The maximum absolute atomic E-state index is 12.9. The zero-order valence-corrected chi connectivity index (χ0v) is 22.7. The summed E-state index contributed by atoms with van der Waals surface area (Å²) in [5.41, 5.74) is 4.33. The minimum Gasteiger partial charge on any atom is -0.382 e. The Morgan fingerprint density at radius 2 is 2.05 bits per heavy atom. The molecule has 0 radical (unpaired) electrons. The Bertz CT molecular complexity index is 1340. The second kappa shape index (κ2) is 11.6. The first kappa shape index (κ1) is 25.6. The fourth-order valence-corrected chi connectivity index (χ4v) is 5.83. The molecule has 1 fully saturated rings. The molecular weight excluding hydrogens is 510 g/mol. The van der Waals surface area contributed by atoms with E-state index in [1.807, 2.05) is 17.3 Å². The van der Waals surface area contributed by atoms with E-state index in [-0.39, 0.29) is 5.91 Å². The third-order valence-corrected chi connectivity index (χ3v) is 8.17. The lowest BCUT2D eigenvalue weighted by molar-refractivity contribution is -0.132. The van der Waals surface area contributed by atoms with Crippen LogP contribution in [0.4, 0.5) is 23.1 Å². The van der Waals surface area contributed by atoms with Crippen molar-refractivity contribution in [1.82, 2.24) is 14.9 Å². The summed E-state index contributed by atoms with van der Waals surface area (Å²) in [6.45, 7) is 1.60. The summed E-state index contributed by atoms with van der Waals surface area (Å²) < 4.78 is 0. The second-order valence-electron chi connectivity index (χ2n) is 10.8. The van der Waals surface area contributed by atoms with Crippen molar-refractivity contribution in [3.63, 3.8) is 0 Å². The molecule has 9 heteroatoms. The molecule has 1 aliphatic carbocycles. The maximum Gasteiger partial charge on any atom is 0.229 e. The van der Waals surface area contributed by atoms with Gasteiger partial charge in [0.2, 0.25) is 11.9 Å². The first-order valence-electron chi connectivity index (χ1n) is 13.9. The van der Waals surface area contributed by atoms with Crippen molar-refractivity contribution in [3.8, 4) is 0 Å². The number of aryl methyl sites for hydroxylation is 1. The van der Waals surface area contributed by atoms with Crippen molar-refractivity contribution in [3.05, 3.63) is 71.2 Å². The molecule has 1 aromatic carbocycles. The van der Waals surface area contributed by atoms with Crippen LogP contribution in [0.5, 0.6) is 0 Å². The molecule has 39 heavy (non-hydrogen) atoms. The number of hydrogen-bond acceptors (Lipinski definition) is 7. The lowest BCUT2D eigenvalue weighted by atomic mass is 9.93. The number of aliphatic imine (C=N–C) groups is 1. The number of nitrogens with one attached hydrogen (secondary N) is 3. The van der Waals surface area contributed by atoms with E-state index in [4.69, 9.17) is 11.6 Å². The van der Waals surface area contributed by atoms with Gasteiger partial charge in [-0.25, -0.2) is 4.98 Å². The van der Waals surface area contributed by atoms with Crippen molar-refractivity contribution in [2.45, 2.75) is 51.0 Å². The first-order chi connectivity index (χ1) is 19.1. The highest BCUT2D eigenvalue weighted by Crippen LogP contribution is 2.31. The van der Waals surface area contributed by atoms with Crippen LogP contribution in [0.1, 0.15) is 44.1 Å². The molecule has 1 saturated heterocycles. The molecule has 3 N–H and O–H groups in total. The Balaban J connectivity index is 1.15. The molecule has 3 aliphatic heterocycles. The van der Waals surface area contributed by atoms with Gasteiger partial charge in [-0.1, -0.05) is 35.9 Å². The molecule has 2 unspecified atom stereocenters. The molecule has 6 rings (SSSR count). The summed E-state index contributed by atoms with van der Waals surface area (Å²) in [4.78, 5) is 28.3. The number of benzene rings is 1. The van der Waals surface area contributed by atoms with Gasteiger partial charge < -0.3 is 20.9 Å². The fourth-order valence-electron chi connectivity index (χ4n) is 5.69. The fraction of sp³-hybridized carbons (Fsp3) is 0.400. The minimum absolute atomic E-state index is 0.274. The number of aromatic nitrogens is 2. The highest BCUT2D eigenvalue weighted by molar-refractivity contribution is 6.32. The highest BCUT2D eigenvalue weighted by atomic mass is 35.5. The van der Waals surface area contributed by atoms with Gasteiger partial charge in [-0.15, -0.1) is 0 Å². The molecule has 2 atom stereocenters. The Labute approximate surface area is 234 Å². The van der Waals surface area contributed by atoms with E-state index in [2.05, 4.69) is 73.4 Å². The van der Waals surface area contributed by atoms with Crippen LogP contribution in [0, 0.1) is 11.8 Å².